The number of piperidine rings is 1. The van der Waals surface area contributed by atoms with E-state index < -0.39 is 10.0 Å². The minimum atomic E-state index is -3.52. The number of hydrogen-bond donors (Lipinski definition) is 0. The maximum absolute atomic E-state index is 13.8. The molecule has 1 amide bonds. The number of aromatic nitrogens is 2. The van der Waals surface area contributed by atoms with Gasteiger partial charge in [0.1, 0.15) is 4.21 Å². The average molecular weight is 547 g/mol. The van der Waals surface area contributed by atoms with E-state index in [2.05, 4.69) is 4.98 Å². The van der Waals surface area contributed by atoms with E-state index in [0.29, 0.717) is 46.8 Å². The van der Waals surface area contributed by atoms with Crippen molar-refractivity contribution < 1.29 is 13.2 Å². The second-order valence-corrected chi connectivity index (χ2v) is 13.0. The van der Waals surface area contributed by atoms with Crippen LogP contribution in [-0.4, -0.2) is 41.7 Å². The van der Waals surface area contributed by atoms with Crippen LogP contribution < -0.4 is 4.90 Å². The molecule has 35 heavy (non-hydrogen) atoms. The van der Waals surface area contributed by atoms with E-state index in [1.165, 1.54) is 27.0 Å². The lowest BCUT2D eigenvalue weighted by molar-refractivity contribution is -0.123. The predicted molar refractivity (Wildman–Crippen MR) is 141 cm³/mol. The van der Waals surface area contributed by atoms with E-state index in [9.17, 15) is 13.2 Å². The fourth-order valence-corrected chi connectivity index (χ4v) is 8.31. The fraction of sp³-hybridized carbons (Fsp3) is 0.292. The molecule has 0 unspecified atom stereocenters. The van der Waals surface area contributed by atoms with E-state index in [1.807, 2.05) is 31.2 Å². The van der Waals surface area contributed by atoms with Crippen LogP contribution in [-0.2, 0) is 21.4 Å². The maximum Gasteiger partial charge on any atom is 0.252 e. The topological polar surface area (TPSA) is 83.5 Å². The summed E-state index contributed by atoms with van der Waals surface area (Å²) in [6.45, 7) is 2.95. The van der Waals surface area contributed by atoms with Gasteiger partial charge in [-0.2, -0.15) is 4.31 Å². The van der Waals surface area contributed by atoms with Crippen molar-refractivity contribution in [3.63, 3.8) is 0 Å². The van der Waals surface area contributed by atoms with Crippen LogP contribution in [0.2, 0.25) is 5.02 Å². The number of aryl methyl sites for hydroxylation is 1. The Kier molecular flexibility index (Phi) is 6.91. The molecular weight excluding hydrogens is 524 g/mol. The molecule has 1 fully saturated rings. The Morgan fingerprint density at radius 3 is 2.63 bits per heavy atom. The molecule has 0 radical (unpaired) electrons. The molecule has 0 saturated carbocycles. The van der Waals surface area contributed by atoms with Gasteiger partial charge >= 0.3 is 0 Å². The number of benzene rings is 1. The lowest BCUT2D eigenvalue weighted by atomic mass is 9.96. The van der Waals surface area contributed by atoms with E-state index in [-0.39, 0.29) is 11.8 Å². The van der Waals surface area contributed by atoms with Gasteiger partial charge in [0.05, 0.1) is 16.8 Å². The molecule has 0 aliphatic carbocycles. The van der Waals surface area contributed by atoms with E-state index in [4.69, 9.17) is 16.6 Å². The highest BCUT2D eigenvalue weighted by Gasteiger charge is 2.35. The summed E-state index contributed by atoms with van der Waals surface area (Å²) in [5.74, 6) is -0.332. The summed E-state index contributed by atoms with van der Waals surface area (Å²) in [6, 6.07) is 10.9. The number of hydrogen-bond acceptors (Lipinski definition) is 7. The zero-order valence-corrected chi connectivity index (χ0v) is 22.1. The molecule has 1 aromatic carbocycles. The Labute approximate surface area is 217 Å². The second kappa shape index (κ2) is 9.94. The quantitative estimate of drug-likeness (QED) is 0.325. The van der Waals surface area contributed by atoms with Crippen molar-refractivity contribution in [3.05, 3.63) is 70.3 Å². The number of carbonyl (C=O) groups is 1. The van der Waals surface area contributed by atoms with E-state index in [0.717, 1.165) is 21.3 Å². The van der Waals surface area contributed by atoms with Gasteiger partial charge in [0.15, 0.2) is 5.13 Å². The lowest BCUT2D eigenvalue weighted by Gasteiger charge is -2.32. The summed E-state index contributed by atoms with van der Waals surface area (Å²) in [7, 11) is -3.52. The van der Waals surface area contributed by atoms with Crippen molar-refractivity contribution in [2.45, 2.75) is 30.5 Å². The number of sulfonamides is 1. The number of thiophene rings is 1. The standard InChI is InChI=1S/C24H23ClN4O3S3/c1-16-13-19(25)14-20-22(16)27-24(34-20)29(15-17-4-8-26-9-5-17)23(30)18-6-10-28(11-7-18)35(31,32)21-3-2-12-33-21/h2-5,8-9,12-14,18H,6-7,10-11,15H2,1H3. The molecule has 0 atom stereocenters. The third-order valence-corrected chi connectivity index (χ3v) is 10.6. The Morgan fingerprint density at radius 2 is 1.94 bits per heavy atom. The molecule has 4 aromatic rings. The molecule has 0 spiro atoms. The third-order valence-electron chi connectivity index (χ3n) is 6.12. The molecule has 182 valence electrons. The second-order valence-electron chi connectivity index (χ2n) is 8.46. The van der Waals surface area contributed by atoms with Gasteiger partial charge in [-0.3, -0.25) is 14.7 Å². The van der Waals surface area contributed by atoms with Gasteiger partial charge in [-0.1, -0.05) is 29.0 Å². The number of carbonyl (C=O) groups excluding carboxylic acids is 1. The average Bonchev–Trinajstić information content (AvgIpc) is 3.54. The monoisotopic (exact) mass is 546 g/mol. The zero-order valence-electron chi connectivity index (χ0n) is 18.9. The molecule has 4 heterocycles. The first-order valence-corrected chi connectivity index (χ1v) is 14.6. The Balaban J connectivity index is 1.40. The van der Waals surface area contributed by atoms with Crippen molar-refractivity contribution in [1.82, 2.24) is 14.3 Å². The highest BCUT2D eigenvalue weighted by Crippen LogP contribution is 2.35. The predicted octanol–water partition coefficient (Wildman–Crippen LogP) is 5.35. The third kappa shape index (κ3) is 4.99. The van der Waals surface area contributed by atoms with Crippen molar-refractivity contribution in [2.24, 2.45) is 5.92 Å². The van der Waals surface area contributed by atoms with Crippen LogP contribution in [0.1, 0.15) is 24.0 Å². The molecule has 0 N–H and O–H groups in total. The largest absolute Gasteiger partial charge is 0.283 e. The molecule has 1 aliphatic heterocycles. The maximum atomic E-state index is 13.8. The highest BCUT2D eigenvalue weighted by molar-refractivity contribution is 7.91. The molecular formula is C24H23ClN4O3S3. The summed E-state index contributed by atoms with van der Waals surface area (Å²) in [6.07, 6.45) is 4.33. The molecule has 0 bridgehead atoms. The first-order valence-electron chi connectivity index (χ1n) is 11.1. The Bertz CT molecular complexity index is 1450. The van der Waals surface area contributed by atoms with Gasteiger partial charge in [0.25, 0.3) is 10.0 Å². The van der Waals surface area contributed by atoms with Crippen molar-refractivity contribution in [3.8, 4) is 0 Å². The van der Waals surface area contributed by atoms with Crippen LogP contribution in [0, 0.1) is 12.8 Å². The van der Waals surface area contributed by atoms with Crippen LogP contribution in [0.15, 0.2) is 58.4 Å². The molecule has 3 aromatic heterocycles. The van der Waals surface area contributed by atoms with Crippen molar-refractivity contribution in [1.29, 1.82) is 0 Å². The molecule has 11 heteroatoms. The number of halogens is 1. The van der Waals surface area contributed by atoms with Crippen LogP contribution in [0.3, 0.4) is 0 Å². The number of fused-ring (bicyclic) bond motifs is 1. The summed E-state index contributed by atoms with van der Waals surface area (Å²) in [5, 5.41) is 3.00. The van der Waals surface area contributed by atoms with E-state index in [1.54, 1.807) is 34.8 Å². The van der Waals surface area contributed by atoms with Crippen molar-refractivity contribution >= 4 is 65.6 Å². The summed E-state index contributed by atoms with van der Waals surface area (Å²) in [5.41, 5.74) is 2.73. The zero-order chi connectivity index (χ0) is 24.6. The molecule has 5 rings (SSSR count). The molecule has 1 aliphatic rings. The lowest BCUT2D eigenvalue weighted by Crippen LogP contribution is -2.44. The number of anilines is 1. The van der Waals surface area contributed by atoms with Crippen LogP contribution in [0.5, 0.6) is 0 Å². The fourth-order valence-electron chi connectivity index (χ4n) is 4.27. The summed E-state index contributed by atoms with van der Waals surface area (Å²) >= 11 is 8.90. The number of nitrogens with zero attached hydrogens (tertiary/aromatic N) is 4. The molecule has 7 nitrogen and oxygen atoms in total. The Morgan fingerprint density at radius 1 is 1.20 bits per heavy atom. The summed E-state index contributed by atoms with van der Waals surface area (Å²) in [4.78, 5) is 24.4. The van der Waals surface area contributed by atoms with Gasteiger partial charge in [-0.25, -0.2) is 13.4 Å². The first-order chi connectivity index (χ1) is 16.8. The van der Waals surface area contributed by atoms with Crippen molar-refractivity contribution in [2.75, 3.05) is 18.0 Å². The number of rotatable bonds is 6. The summed E-state index contributed by atoms with van der Waals surface area (Å²) < 4.78 is 28.5. The van der Waals surface area contributed by atoms with E-state index >= 15 is 0 Å². The van der Waals surface area contributed by atoms with Gasteiger partial charge in [-0.15, -0.1) is 11.3 Å². The van der Waals surface area contributed by atoms with Gasteiger partial charge in [-0.05, 0) is 66.6 Å². The van der Waals surface area contributed by atoms with Gasteiger partial charge < -0.3 is 0 Å². The van der Waals surface area contributed by atoms with Gasteiger partial charge in [0.2, 0.25) is 5.91 Å². The van der Waals surface area contributed by atoms with Crippen LogP contribution in [0.25, 0.3) is 10.2 Å². The smallest absolute Gasteiger partial charge is 0.252 e. The minimum Gasteiger partial charge on any atom is -0.283 e. The van der Waals surface area contributed by atoms with Crippen LogP contribution in [0.4, 0.5) is 5.13 Å². The SMILES string of the molecule is Cc1cc(Cl)cc2sc(N(Cc3ccncc3)C(=O)C3CCN(S(=O)(=O)c4cccs4)CC3)nc12. The number of pyridine rings is 1. The van der Waals surface area contributed by atoms with Crippen LogP contribution >= 0.6 is 34.3 Å². The molecule has 1 saturated heterocycles. The minimum absolute atomic E-state index is 0.0437. The normalized spacial score (nSPS) is 15.5. The number of thiazole rings is 1. The highest BCUT2D eigenvalue weighted by atomic mass is 35.5. The number of amides is 1. The van der Waals surface area contributed by atoms with Gasteiger partial charge in [0, 0.05) is 36.4 Å². The Hall–Kier alpha value is -2.37. The first kappa shape index (κ1) is 24.3.